The number of para-hydroxylation sites is 1. The Morgan fingerprint density at radius 3 is 2.59 bits per heavy atom. The molecule has 0 aliphatic heterocycles. The van der Waals surface area contributed by atoms with Crippen molar-refractivity contribution in [3.05, 3.63) is 30.0 Å². The number of aliphatic hydroxyl groups is 2. The second-order valence-corrected chi connectivity index (χ2v) is 9.81. The topological polar surface area (TPSA) is 144 Å². The number of aromatic nitrogens is 3. The van der Waals surface area contributed by atoms with Gasteiger partial charge in [0.15, 0.2) is 0 Å². The molecule has 2 aromatic heterocycles. The van der Waals surface area contributed by atoms with Crippen LogP contribution in [0.25, 0.3) is 20.8 Å². The summed E-state index contributed by atoms with van der Waals surface area (Å²) in [6, 6.07) is 6.41. The minimum atomic E-state index is -4.47. The Bertz CT molecular complexity index is 1220. The van der Waals surface area contributed by atoms with Crippen LogP contribution in [-0.4, -0.2) is 75.3 Å². The molecule has 6 N–H and O–H groups in total. The van der Waals surface area contributed by atoms with Crippen LogP contribution in [-0.2, 0) is 0 Å². The molecule has 1 aliphatic rings. The number of carbonyl (C=O) groups excluding carboxylic acids is 1. The molecule has 4 rings (SSSR count). The van der Waals surface area contributed by atoms with Crippen LogP contribution in [0.5, 0.6) is 0 Å². The Hall–Kier alpha value is -3.23. The third-order valence-electron chi connectivity index (χ3n) is 6.03. The van der Waals surface area contributed by atoms with Crippen LogP contribution in [0.1, 0.15) is 19.0 Å². The molecule has 0 radical (unpaired) electrons. The third kappa shape index (κ3) is 6.37. The summed E-state index contributed by atoms with van der Waals surface area (Å²) in [6.07, 6.45) is -6.52. The van der Waals surface area contributed by atoms with Crippen molar-refractivity contribution in [3.8, 4) is 10.6 Å². The van der Waals surface area contributed by atoms with Gasteiger partial charge in [0.25, 0.3) is 0 Å². The van der Waals surface area contributed by atoms with E-state index in [1.807, 2.05) is 24.3 Å². The maximum Gasteiger partial charge on any atom is 0.405 e. The molecule has 1 aliphatic carbocycles. The first kappa shape index (κ1) is 26.8. The standard InChI is InChI=1S/C23H28F3N7O3S/c1-3-27-22(36)28-9-12-8-14(18(35)17(12)34)31-19-16(20-32-13-6-4-5-7-15(13)37-20)11(2)30-21(33-19)29-10-23(24,25)26/h4-7,12,14,17-18,34-35H,3,8-10H2,1-2H3,(H2,27,28,36)(H2,29,30,31,33). The van der Waals surface area contributed by atoms with Gasteiger partial charge in [-0.2, -0.15) is 18.2 Å². The number of carbonyl (C=O) groups is 1. The SMILES string of the molecule is CCNC(=O)NCC1CC(Nc2nc(NCC(F)(F)F)nc(C)c2-c2nc3ccccc3s2)C(O)C1O. The Labute approximate surface area is 214 Å². The molecule has 3 aromatic rings. The van der Waals surface area contributed by atoms with Gasteiger partial charge in [0.1, 0.15) is 23.5 Å². The number of halogens is 3. The predicted molar refractivity (Wildman–Crippen MR) is 135 cm³/mol. The van der Waals surface area contributed by atoms with Crippen molar-refractivity contribution < 1.29 is 28.2 Å². The van der Waals surface area contributed by atoms with Gasteiger partial charge in [-0.25, -0.2) is 14.8 Å². The summed E-state index contributed by atoms with van der Waals surface area (Å²) in [5, 5.41) is 32.4. The molecule has 2 heterocycles. The van der Waals surface area contributed by atoms with E-state index in [2.05, 4.69) is 36.2 Å². The van der Waals surface area contributed by atoms with E-state index in [4.69, 9.17) is 0 Å². The summed E-state index contributed by atoms with van der Waals surface area (Å²) < 4.78 is 39.3. The number of aryl methyl sites for hydroxylation is 1. The van der Waals surface area contributed by atoms with Crippen molar-refractivity contribution in [1.29, 1.82) is 0 Å². The Morgan fingerprint density at radius 1 is 1.14 bits per heavy atom. The summed E-state index contributed by atoms with van der Waals surface area (Å²) in [5.41, 5.74) is 1.63. The first-order valence-corrected chi connectivity index (χ1v) is 12.6. The highest BCUT2D eigenvalue weighted by Crippen LogP contribution is 2.38. The first-order chi connectivity index (χ1) is 17.6. The zero-order valence-corrected chi connectivity index (χ0v) is 21.0. The Morgan fingerprint density at radius 2 is 1.89 bits per heavy atom. The van der Waals surface area contributed by atoms with E-state index in [1.54, 1.807) is 13.8 Å². The van der Waals surface area contributed by atoms with E-state index >= 15 is 0 Å². The van der Waals surface area contributed by atoms with Crippen molar-refractivity contribution in [3.63, 3.8) is 0 Å². The van der Waals surface area contributed by atoms with Gasteiger partial charge in [0, 0.05) is 19.0 Å². The maximum atomic E-state index is 12.8. The van der Waals surface area contributed by atoms with Crippen molar-refractivity contribution in [1.82, 2.24) is 25.6 Å². The van der Waals surface area contributed by atoms with Gasteiger partial charge in [-0.3, -0.25) is 0 Å². The maximum absolute atomic E-state index is 12.8. The fourth-order valence-electron chi connectivity index (χ4n) is 4.26. The highest BCUT2D eigenvalue weighted by molar-refractivity contribution is 7.21. The second kappa shape index (κ2) is 11.0. The number of alkyl halides is 3. The van der Waals surface area contributed by atoms with Crippen LogP contribution in [0.2, 0.25) is 0 Å². The number of hydrogen-bond acceptors (Lipinski definition) is 9. The van der Waals surface area contributed by atoms with Gasteiger partial charge >= 0.3 is 12.2 Å². The quantitative estimate of drug-likeness (QED) is 0.256. The van der Waals surface area contributed by atoms with Crippen molar-refractivity contribution in [2.45, 2.75) is 44.7 Å². The largest absolute Gasteiger partial charge is 0.405 e. The number of aliphatic hydroxyl groups excluding tert-OH is 2. The lowest BCUT2D eigenvalue weighted by Crippen LogP contribution is -2.41. The molecule has 200 valence electrons. The number of urea groups is 1. The molecule has 4 unspecified atom stereocenters. The lowest BCUT2D eigenvalue weighted by molar-refractivity contribution is -0.115. The summed E-state index contributed by atoms with van der Waals surface area (Å²) in [5.74, 6) is -0.499. The predicted octanol–water partition coefficient (Wildman–Crippen LogP) is 2.88. The smallest absolute Gasteiger partial charge is 0.390 e. The molecule has 1 saturated carbocycles. The minimum absolute atomic E-state index is 0.133. The molecular formula is C23H28F3N7O3S. The molecule has 2 amide bonds. The minimum Gasteiger partial charge on any atom is -0.390 e. The van der Waals surface area contributed by atoms with Gasteiger partial charge in [0.2, 0.25) is 5.95 Å². The van der Waals surface area contributed by atoms with E-state index < -0.39 is 36.9 Å². The highest BCUT2D eigenvalue weighted by Gasteiger charge is 2.42. The van der Waals surface area contributed by atoms with Crippen LogP contribution in [0.15, 0.2) is 24.3 Å². The summed E-state index contributed by atoms with van der Waals surface area (Å²) in [7, 11) is 0. The molecular weight excluding hydrogens is 511 g/mol. The average molecular weight is 540 g/mol. The van der Waals surface area contributed by atoms with E-state index in [1.165, 1.54) is 11.3 Å². The van der Waals surface area contributed by atoms with Crippen LogP contribution < -0.4 is 21.3 Å². The molecule has 0 spiro atoms. The lowest BCUT2D eigenvalue weighted by Gasteiger charge is -2.21. The molecule has 1 aromatic carbocycles. The monoisotopic (exact) mass is 539 g/mol. The highest BCUT2D eigenvalue weighted by atomic mass is 32.1. The van der Waals surface area contributed by atoms with Crippen LogP contribution in [0.4, 0.5) is 29.7 Å². The third-order valence-corrected chi connectivity index (χ3v) is 7.08. The number of benzene rings is 1. The molecule has 0 bridgehead atoms. The number of amides is 2. The number of rotatable bonds is 8. The molecule has 1 fully saturated rings. The fourth-order valence-corrected chi connectivity index (χ4v) is 5.33. The zero-order valence-electron chi connectivity index (χ0n) is 20.1. The Balaban J connectivity index is 1.63. The Kier molecular flexibility index (Phi) is 7.99. The van der Waals surface area contributed by atoms with Gasteiger partial charge in [-0.1, -0.05) is 12.1 Å². The van der Waals surface area contributed by atoms with E-state index in [0.717, 1.165) is 10.2 Å². The molecule has 14 heteroatoms. The average Bonchev–Trinajstić information content (AvgIpc) is 3.37. The number of thiazole rings is 1. The van der Waals surface area contributed by atoms with Crippen LogP contribution in [0.3, 0.4) is 0 Å². The number of anilines is 2. The first-order valence-electron chi connectivity index (χ1n) is 11.7. The van der Waals surface area contributed by atoms with Gasteiger partial charge < -0.3 is 31.5 Å². The van der Waals surface area contributed by atoms with Crippen molar-refractivity contribution in [2.24, 2.45) is 5.92 Å². The summed E-state index contributed by atoms with van der Waals surface area (Å²) in [4.78, 5) is 24.9. The molecule has 0 saturated heterocycles. The second-order valence-electron chi connectivity index (χ2n) is 8.78. The van der Waals surface area contributed by atoms with Crippen LogP contribution >= 0.6 is 11.3 Å². The van der Waals surface area contributed by atoms with Gasteiger partial charge in [-0.05, 0) is 32.4 Å². The molecule has 37 heavy (non-hydrogen) atoms. The number of fused-ring (bicyclic) bond motifs is 1. The van der Waals surface area contributed by atoms with Crippen molar-refractivity contribution in [2.75, 3.05) is 30.3 Å². The van der Waals surface area contributed by atoms with E-state index in [9.17, 15) is 28.2 Å². The van der Waals surface area contributed by atoms with E-state index in [0.29, 0.717) is 22.8 Å². The van der Waals surface area contributed by atoms with Crippen molar-refractivity contribution >= 4 is 39.4 Å². The van der Waals surface area contributed by atoms with Gasteiger partial charge in [0.05, 0.1) is 33.6 Å². The summed E-state index contributed by atoms with van der Waals surface area (Å²) in [6.45, 7) is 2.68. The molecule has 10 nitrogen and oxygen atoms in total. The fraction of sp³-hybridized carbons (Fsp3) is 0.478. The lowest BCUT2D eigenvalue weighted by atomic mass is 10.1. The number of hydrogen-bond donors (Lipinski definition) is 6. The zero-order chi connectivity index (χ0) is 26.7. The number of nitrogens with one attached hydrogen (secondary N) is 4. The van der Waals surface area contributed by atoms with E-state index in [-0.39, 0.29) is 30.8 Å². The normalized spacial score (nSPS) is 21.7. The van der Waals surface area contributed by atoms with Crippen LogP contribution in [0, 0.1) is 12.8 Å². The summed E-state index contributed by atoms with van der Waals surface area (Å²) >= 11 is 1.38. The molecule has 4 atom stereocenters. The van der Waals surface area contributed by atoms with Gasteiger partial charge in [-0.15, -0.1) is 11.3 Å². The number of nitrogens with zero attached hydrogens (tertiary/aromatic N) is 3.